The standard InChI is InChI=1S/C14H22O/c1-8(2)14-6-10-9-4-3-5-11(14)13(9)15-12(10)7-14/h8-13H,3-7H2,1-2H3. The molecule has 0 radical (unpaired) electrons. The van der Waals surface area contributed by atoms with Crippen molar-refractivity contribution in [1.82, 2.24) is 0 Å². The fraction of sp³-hybridized carbons (Fsp3) is 1.00. The third-order valence-electron chi connectivity index (χ3n) is 6.32. The Kier molecular flexibility index (Phi) is 1.57. The maximum absolute atomic E-state index is 6.29. The first-order valence-corrected chi connectivity index (χ1v) is 6.88. The molecule has 5 aliphatic rings. The Morgan fingerprint density at radius 3 is 2.80 bits per heavy atom. The molecule has 6 atom stereocenters. The van der Waals surface area contributed by atoms with Crippen LogP contribution in [-0.2, 0) is 4.74 Å². The van der Waals surface area contributed by atoms with E-state index < -0.39 is 0 Å². The molecule has 84 valence electrons. The maximum atomic E-state index is 6.29. The minimum absolute atomic E-state index is 0.664. The quantitative estimate of drug-likeness (QED) is 0.640. The molecule has 5 rings (SSSR count). The molecule has 0 N–H and O–H groups in total. The molecule has 2 saturated heterocycles. The van der Waals surface area contributed by atoms with E-state index in [4.69, 9.17) is 4.74 Å². The van der Waals surface area contributed by atoms with Crippen LogP contribution in [-0.4, -0.2) is 12.2 Å². The van der Waals surface area contributed by atoms with Crippen LogP contribution in [0.5, 0.6) is 0 Å². The van der Waals surface area contributed by atoms with Gasteiger partial charge in [0, 0.05) is 0 Å². The molecule has 0 aromatic heterocycles. The first kappa shape index (κ1) is 9.04. The Morgan fingerprint density at radius 1 is 1.13 bits per heavy atom. The van der Waals surface area contributed by atoms with E-state index in [1.165, 1.54) is 32.1 Å². The second-order valence-electron chi connectivity index (χ2n) is 6.80. The van der Waals surface area contributed by atoms with Gasteiger partial charge in [-0.3, -0.25) is 0 Å². The van der Waals surface area contributed by atoms with Crippen LogP contribution in [0.3, 0.4) is 0 Å². The molecule has 0 amide bonds. The molecule has 0 aromatic rings. The molecule has 3 aliphatic carbocycles. The van der Waals surface area contributed by atoms with Crippen LogP contribution in [0.25, 0.3) is 0 Å². The lowest BCUT2D eigenvalue weighted by molar-refractivity contribution is -0.137. The molecule has 5 fully saturated rings. The van der Waals surface area contributed by atoms with E-state index in [1.807, 2.05) is 0 Å². The monoisotopic (exact) mass is 206 g/mol. The molecule has 0 spiro atoms. The normalized spacial score (nSPS) is 60.6. The van der Waals surface area contributed by atoms with Crippen LogP contribution < -0.4 is 0 Å². The SMILES string of the molecule is CC(C)C12CC3OC4C(CCCC41)C3C2. The van der Waals surface area contributed by atoms with Crippen molar-refractivity contribution in [3.8, 4) is 0 Å². The Bertz CT molecular complexity index is 298. The predicted molar refractivity (Wildman–Crippen MR) is 59.5 cm³/mol. The van der Waals surface area contributed by atoms with Gasteiger partial charge in [0.15, 0.2) is 0 Å². The van der Waals surface area contributed by atoms with E-state index in [9.17, 15) is 0 Å². The van der Waals surface area contributed by atoms with Crippen LogP contribution >= 0.6 is 0 Å². The van der Waals surface area contributed by atoms with Crippen molar-refractivity contribution in [3.63, 3.8) is 0 Å². The van der Waals surface area contributed by atoms with Crippen molar-refractivity contribution in [2.45, 2.75) is 58.2 Å². The molecule has 6 bridgehead atoms. The number of rotatable bonds is 1. The predicted octanol–water partition coefficient (Wildman–Crippen LogP) is 3.24. The van der Waals surface area contributed by atoms with Crippen molar-refractivity contribution in [3.05, 3.63) is 0 Å². The van der Waals surface area contributed by atoms with Gasteiger partial charge in [-0.2, -0.15) is 0 Å². The van der Waals surface area contributed by atoms with Crippen LogP contribution in [0.4, 0.5) is 0 Å². The molecular weight excluding hydrogens is 184 g/mol. The highest BCUT2D eigenvalue weighted by molar-refractivity contribution is 5.15. The zero-order chi connectivity index (χ0) is 10.2. The van der Waals surface area contributed by atoms with Gasteiger partial charge in [-0.25, -0.2) is 0 Å². The summed E-state index contributed by atoms with van der Waals surface area (Å²) in [7, 11) is 0. The van der Waals surface area contributed by atoms with Crippen molar-refractivity contribution in [2.24, 2.45) is 29.1 Å². The summed E-state index contributed by atoms with van der Waals surface area (Å²) in [5, 5.41) is 0. The average Bonchev–Trinajstić information content (AvgIpc) is 2.66. The lowest BCUT2D eigenvalue weighted by atomic mass is 9.54. The lowest BCUT2D eigenvalue weighted by Gasteiger charge is -2.53. The van der Waals surface area contributed by atoms with Crippen LogP contribution in [0.1, 0.15) is 46.0 Å². The molecule has 1 heteroatoms. The highest BCUT2D eigenvalue weighted by atomic mass is 16.5. The molecule has 2 aliphatic heterocycles. The molecule has 3 saturated carbocycles. The van der Waals surface area contributed by atoms with E-state index in [2.05, 4.69) is 13.8 Å². The van der Waals surface area contributed by atoms with E-state index in [0.29, 0.717) is 17.6 Å². The van der Waals surface area contributed by atoms with Crippen molar-refractivity contribution in [2.75, 3.05) is 0 Å². The van der Waals surface area contributed by atoms with E-state index >= 15 is 0 Å². The largest absolute Gasteiger partial charge is 0.374 e. The van der Waals surface area contributed by atoms with Crippen molar-refractivity contribution < 1.29 is 4.74 Å². The summed E-state index contributed by atoms with van der Waals surface area (Å²) < 4.78 is 6.29. The highest BCUT2D eigenvalue weighted by Crippen LogP contribution is 2.69. The second kappa shape index (κ2) is 2.61. The van der Waals surface area contributed by atoms with Gasteiger partial charge < -0.3 is 4.74 Å². The Balaban J connectivity index is 1.81. The van der Waals surface area contributed by atoms with Gasteiger partial charge in [-0.1, -0.05) is 20.3 Å². The van der Waals surface area contributed by atoms with E-state index in [1.54, 1.807) is 0 Å². The lowest BCUT2D eigenvalue weighted by Crippen LogP contribution is -2.51. The molecule has 2 heterocycles. The highest BCUT2D eigenvalue weighted by Gasteiger charge is 2.67. The van der Waals surface area contributed by atoms with Gasteiger partial charge in [0.25, 0.3) is 0 Å². The fourth-order valence-electron chi connectivity index (χ4n) is 5.63. The molecule has 1 nitrogen and oxygen atoms in total. The Morgan fingerprint density at radius 2 is 2.00 bits per heavy atom. The first-order valence-electron chi connectivity index (χ1n) is 6.88. The van der Waals surface area contributed by atoms with Crippen molar-refractivity contribution in [1.29, 1.82) is 0 Å². The number of ether oxygens (including phenoxy) is 1. The summed E-state index contributed by atoms with van der Waals surface area (Å²) in [6.07, 6.45) is 8.64. The van der Waals surface area contributed by atoms with E-state index in [0.717, 1.165) is 23.7 Å². The van der Waals surface area contributed by atoms with Gasteiger partial charge in [-0.15, -0.1) is 0 Å². The minimum Gasteiger partial charge on any atom is -0.374 e. The topological polar surface area (TPSA) is 9.23 Å². The molecule has 15 heavy (non-hydrogen) atoms. The summed E-state index contributed by atoms with van der Waals surface area (Å²) in [4.78, 5) is 0. The summed E-state index contributed by atoms with van der Waals surface area (Å²) in [6.45, 7) is 4.91. The van der Waals surface area contributed by atoms with Crippen molar-refractivity contribution >= 4 is 0 Å². The van der Waals surface area contributed by atoms with Gasteiger partial charge in [-0.05, 0) is 54.8 Å². The van der Waals surface area contributed by atoms with Gasteiger partial charge >= 0.3 is 0 Å². The zero-order valence-corrected chi connectivity index (χ0v) is 9.91. The smallest absolute Gasteiger partial charge is 0.0644 e. The van der Waals surface area contributed by atoms with Gasteiger partial charge in [0.2, 0.25) is 0 Å². The Hall–Kier alpha value is -0.0400. The molecule has 0 aromatic carbocycles. The third-order valence-corrected chi connectivity index (χ3v) is 6.32. The van der Waals surface area contributed by atoms with Gasteiger partial charge in [0.1, 0.15) is 0 Å². The number of hydrogen-bond donors (Lipinski definition) is 0. The van der Waals surface area contributed by atoms with Crippen LogP contribution in [0, 0.1) is 29.1 Å². The summed E-state index contributed by atoms with van der Waals surface area (Å²) in [5.74, 6) is 3.71. The summed E-state index contributed by atoms with van der Waals surface area (Å²) in [6, 6.07) is 0. The number of hydrogen-bond acceptors (Lipinski definition) is 1. The van der Waals surface area contributed by atoms with Gasteiger partial charge in [0.05, 0.1) is 12.2 Å². The fourth-order valence-corrected chi connectivity index (χ4v) is 5.63. The van der Waals surface area contributed by atoms with Crippen LogP contribution in [0.2, 0.25) is 0 Å². The summed E-state index contributed by atoms with van der Waals surface area (Å²) in [5.41, 5.74) is 0.690. The van der Waals surface area contributed by atoms with Crippen LogP contribution in [0.15, 0.2) is 0 Å². The maximum Gasteiger partial charge on any atom is 0.0644 e. The summed E-state index contributed by atoms with van der Waals surface area (Å²) >= 11 is 0. The molecular formula is C14H22O. The van der Waals surface area contributed by atoms with E-state index in [-0.39, 0.29) is 0 Å². The zero-order valence-electron chi connectivity index (χ0n) is 9.91. The minimum atomic E-state index is 0.664. The molecule has 6 unspecified atom stereocenters. The average molecular weight is 206 g/mol. The third kappa shape index (κ3) is 0.868. The Labute approximate surface area is 92.6 Å². The second-order valence-corrected chi connectivity index (χ2v) is 6.80. The first-order chi connectivity index (χ1) is 7.22.